The van der Waals surface area contributed by atoms with Gasteiger partial charge in [-0.1, -0.05) is 13.3 Å². The minimum Gasteiger partial charge on any atom is -0.462 e. The van der Waals surface area contributed by atoms with Crippen LogP contribution in [0.3, 0.4) is 0 Å². The highest BCUT2D eigenvalue weighted by Gasteiger charge is 2.38. The lowest BCUT2D eigenvalue weighted by Gasteiger charge is -2.41. The molecule has 0 amide bonds. The number of alkyl halides is 3. The number of rotatable bonds is 7. The molecule has 0 radical (unpaired) electrons. The molecule has 4 heterocycles. The van der Waals surface area contributed by atoms with Crippen molar-refractivity contribution in [1.29, 1.82) is 0 Å². The Bertz CT molecular complexity index is 1290. The molecule has 1 aliphatic heterocycles. The number of nitrogens with zero attached hydrogens (tertiary/aromatic N) is 6. The Hall–Kier alpha value is -3.76. The molecule has 0 spiro atoms. The van der Waals surface area contributed by atoms with Crippen LogP contribution >= 0.6 is 0 Å². The SMILES string of the molecule is CCCCOC(=O)c1cnc(N2CCN(c3nnc(-c4ccncc4)c(C)c3C)C[C@H]2C)cc1C(F)(F)F. The normalized spacial score (nSPS) is 16.0. The average Bonchev–Trinajstić information content (AvgIpc) is 2.90. The molecule has 1 fully saturated rings. The predicted octanol–water partition coefficient (Wildman–Crippen LogP) is 5.24. The molecule has 4 rings (SSSR count). The van der Waals surface area contributed by atoms with Crippen LogP contribution < -0.4 is 9.80 Å². The summed E-state index contributed by atoms with van der Waals surface area (Å²) in [6.45, 7) is 9.37. The average molecular weight is 529 g/mol. The van der Waals surface area contributed by atoms with E-state index in [4.69, 9.17) is 4.74 Å². The second kappa shape index (κ2) is 11.3. The van der Waals surface area contributed by atoms with Crippen LogP contribution in [-0.4, -0.2) is 58.4 Å². The number of hydrogen-bond acceptors (Lipinski definition) is 8. The van der Waals surface area contributed by atoms with Crippen LogP contribution in [0.25, 0.3) is 11.3 Å². The van der Waals surface area contributed by atoms with Crippen molar-refractivity contribution >= 4 is 17.6 Å². The topological polar surface area (TPSA) is 84.3 Å². The van der Waals surface area contributed by atoms with Gasteiger partial charge in [-0.3, -0.25) is 4.98 Å². The molecule has 0 N–H and O–H groups in total. The van der Waals surface area contributed by atoms with Gasteiger partial charge in [-0.25, -0.2) is 9.78 Å². The number of anilines is 2. The van der Waals surface area contributed by atoms with Crippen LogP contribution in [0.1, 0.15) is 53.7 Å². The third kappa shape index (κ3) is 5.71. The molecule has 202 valence electrons. The van der Waals surface area contributed by atoms with Gasteiger partial charge >= 0.3 is 12.1 Å². The van der Waals surface area contributed by atoms with E-state index in [1.165, 1.54) is 0 Å². The molecule has 0 aromatic carbocycles. The zero-order chi connectivity index (χ0) is 27.4. The van der Waals surface area contributed by atoms with E-state index >= 15 is 0 Å². The fourth-order valence-corrected chi connectivity index (χ4v) is 4.55. The number of carbonyl (C=O) groups is 1. The van der Waals surface area contributed by atoms with E-state index in [9.17, 15) is 18.0 Å². The van der Waals surface area contributed by atoms with Gasteiger partial charge in [0.25, 0.3) is 0 Å². The van der Waals surface area contributed by atoms with E-state index in [1.54, 1.807) is 12.4 Å². The van der Waals surface area contributed by atoms with E-state index in [-0.39, 0.29) is 18.5 Å². The Morgan fingerprint density at radius 1 is 1.13 bits per heavy atom. The van der Waals surface area contributed by atoms with Crippen molar-refractivity contribution in [3.05, 3.63) is 59.0 Å². The van der Waals surface area contributed by atoms with Crippen molar-refractivity contribution in [2.24, 2.45) is 0 Å². The maximum Gasteiger partial charge on any atom is 0.417 e. The summed E-state index contributed by atoms with van der Waals surface area (Å²) in [5.41, 5.74) is 2.12. The number of hydrogen-bond donors (Lipinski definition) is 0. The number of aromatic nitrogens is 4. The number of esters is 1. The second-order valence-corrected chi connectivity index (χ2v) is 9.42. The van der Waals surface area contributed by atoms with E-state index in [0.717, 1.165) is 46.9 Å². The molecule has 38 heavy (non-hydrogen) atoms. The van der Waals surface area contributed by atoms with Crippen molar-refractivity contribution in [3.63, 3.8) is 0 Å². The van der Waals surface area contributed by atoms with Crippen molar-refractivity contribution in [3.8, 4) is 11.3 Å². The Morgan fingerprint density at radius 3 is 2.53 bits per heavy atom. The van der Waals surface area contributed by atoms with Gasteiger partial charge in [0.1, 0.15) is 5.82 Å². The van der Waals surface area contributed by atoms with Crippen molar-refractivity contribution in [2.75, 3.05) is 36.0 Å². The van der Waals surface area contributed by atoms with E-state index in [1.807, 2.05) is 44.7 Å². The highest BCUT2D eigenvalue weighted by molar-refractivity contribution is 5.91. The predicted molar refractivity (Wildman–Crippen MR) is 138 cm³/mol. The zero-order valence-electron chi connectivity index (χ0n) is 21.9. The summed E-state index contributed by atoms with van der Waals surface area (Å²) in [5, 5.41) is 8.96. The largest absolute Gasteiger partial charge is 0.462 e. The monoisotopic (exact) mass is 528 g/mol. The van der Waals surface area contributed by atoms with E-state index in [0.29, 0.717) is 26.1 Å². The highest BCUT2D eigenvalue weighted by Crippen LogP contribution is 2.35. The van der Waals surface area contributed by atoms with Crippen LogP contribution in [0.15, 0.2) is 36.8 Å². The first-order valence-electron chi connectivity index (χ1n) is 12.6. The molecule has 1 atom stereocenters. The molecular weight excluding hydrogens is 497 g/mol. The van der Waals surface area contributed by atoms with Gasteiger partial charge in [-0.15, -0.1) is 10.2 Å². The van der Waals surface area contributed by atoms with E-state index in [2.05, 4.69) is 25.1 Å². The van der Waals surface area contributed by atoms with Crippen LogP contribution in [0.5, 0.6) is 0 Å². The zero-order valence-corrected chi connectivity index (χ0v) is 21.9. The number of piperazine rings is 1. The summed E-state index contributed by atoms with van der Waals surface area (Å²) in [4.78, 5) is 24.5. The number of halogens is 3. The van der Waals surface area contributed by atoms with Crippen molar-refractivity contribution in [1.82, 2.24) is 20.2 Å². The third-order valence-electron chi connectivity index (χ3n) is 6.82. The van der Waals surface area contributed by atoms with Crippen molar-refractivity contribution in [2.45, 2.75) is 52.8 Å². The van der Waals surface area contributed by atoms with Crippen LogP contribution in [0.4, 0.5) is 24.8 Å². The molecule has 3 aromatic heterocycles. The smallest absolute Gasteiger partial charge is 0.417 e. The van der Waals surface area contributed by atoms with Gasteiger partial charge in [0.05, 0.1) is 23.4 Å². The molecule has 0 saturated carbocycles. The second-order valence-electron chi connectivity index (χ2n) is 9.42. The number of pyridine rings is 2. The number of carbonyl (C=O) groups excluding carboxylic acids is 1. The summed E-state index contributed by atoms with van der Waals surface area (Å²) in [6, 6.07) is 4.55. The summed E-state index contributed by atoms with van der Waals surface area (Å²) >= 11 is 0. The summed E-state index contributed by atoms with van der Waals surface area (Å²) in [6.07, 6.45) is 1.02. The fourth-order valence-electron chi connectivity index (χ4n) is 4.55. The van der Waals surface area contributed by atoms with Gasteiger partial charge < -0.3 is 14.5 Å². The van der Waals surface area contributed by atoms with Crippen LogP contribution in [0, 0.1) is 13.8 Å². The first kappa shape index (κ1) is 27.3. The Kier molecular flexibility index (Phi) is 8.13. The Balaban J connectivity index is 1.54. The fraction of sp³-hybridized carbons (Fsp3) is 0.444. The van der Waals surface area contributed by atoms with Gasteiger partial charge in [-0.2, -0.15) is 13.2 Å². The first-order chi connectivity index (χ1) is 18.1. The molecule has 3 aromatic rings. The Labute approximate surface area is 219 Å². The quantitative estimate of drug-likeness (QED) is 0.304. The standard InChI is InChI=1S/C27H31F3N6O2/c1-5-6-13-38-26(37)21-15-32-23(14-22(21)27(28,29)30)36-12-11-35(16-17(36)2)25-19(4)18(3)24(33-34-25)20-7-9-31-10-8-20/h7-10,14-15,17H,5-6,11-13,16H2,1-4H3/t17-/m1/s1. The van der Waals surface area contributed by atoms with Gasteiger partial charge in [0, 0.05) is 49.8 Å². The third-order valence-corrected chi connectivity index (χ3v) is 6.82. The maximum atomic E-state index is 13.9. The molecule has 1 saturated heterocycles. The van der Waals surface area contributed by atoms with Gasteiger partial charge in [0.2, 0.25) is 0 Å². The molecule has 0 bridgehead atoms. The van der Waals surface area contributed by atoms with Gasteiger partial charge in [-0.05, 0) is 56.5 Å². The van der Waals surface area contributed by atoms with Crippen molar-refractivity contribution < 1.29 is 22.7 Å². The summed E-state index contributed by atoms with van der Waals surface area (Å²) < 4.78 is 46.7. The Morgan fingerprint density at radius 2 is 1.87 bits per heavy atom. The molecular formula is C27H31F3N6O2. The summed E-state index contributed by atoms with van der Waals surface area (Å²) in [5.74, 6) is -0.0927. The van der Waals surface area contributed by atoms with E-state index < -0.39 is 23.3 Å². The molecule has 0 aliphatic carbocycles. The lowest BCUT2D eigenvalue weighted by atomic mass is 10.0. The lowest BCUT2D eigenvalue weighted by molar-refractivity contribution is -0.138. The minimum atomic E-state index is -4.72. The first-order valence-corrected chi connectivity index (χ1v) is 12.6. The molecule has 8 nitrogen and oxygen atoms in total. The molecule has 1 aliphatic rings. The summed E-state index contributed by atoms with van der Waals surface area (Å²) in [7, 11) is 0. The highest BCUT2D eigenvalue weighted by atomic mass is 19.4. The van der Waals surface area contributed by atoms with Crippen LogP contribution in [0.2, 0.25) is 0 Å². The lowest BCUT2D eigenvalue weighted by Crippen LogP contribution is -2.53. The molecule has 11 heteroatoms. The van der Waals surface area contributed by atoms with Gasteiger partial charge in [0.15, 0.2) is 5.82 Å². The number of unbranched alkanes of at least 4 members (excludes halogenated alkanes) is 1. The molecule has 0 unspecified atom stereocenters. The minimum absolute atomic E-state index is 0.0681. The van der Waals surface area contributed by atoms with Crippen LogP contribution in [-0.2, 0) is 10.9 Å². The maximum absolute atomic E-state index is 13.9. The number of ether oxygens (including phenoxy) is 1.